The van der Waals surface area contributed by atoms with Crippen LogP contribution in [0.15, 0.2) is 54.6 Å². The van der Waals surface area contributed by atoms with Gasteiger partial charge in [0.1, 0.15) is 17.5 Å². The number of nitrogens with one attached hydrogen (secondary N) is 1. The monoisotopic (exact) mass is 367 g/mol. The van der Waals surface area contributed by atoms with Crippen molar-refractivity contribution in [3.05, 3.63) is 65.7 Å². The maximum atomic E-state index is 12.7. The van der Waals surface area contributed by atoms with E-state index in [1.165, 1.54) is 18.2 Å². The third kappa shape index (κ3) is 4.35. The molecule has 0 amide bonds. The number of ether oxygens (including phenoxy) is 2. The van der Waals surface area contributed by atoms with Crippen molar-refractivity contribution in [3.63, 3.8) is 0 Å². The number of morpholine rings is 1. The van der Waals surface area contributed by atoms with E-state index < -0.39 is 18.1 Å². The average Bonchev–Trinajstić information content (AvgIpc) is 2.63. The van der Waals surface area contributed by atoms with Gasteiger partial charge in [0.2, 0.25) is 0 Å². The van der Waals surface area contributed by atoms with Crippen molar-refractivity contribution in [2.24, 2.45) is 0 Å². The Morgan fingerprint density at radius 1 is 1.08 bits per heavy atom. The highest BCUT2D eigenvalue weighted by atomic mass is 19.4. The Kier molecular flexibility index (Phi) is 5.50. The van der Waals surface area contributed by atoms with E-state index in [0.717, 1.165) is 0 Å². The minimum atomic E-state index is -4.80. The van der Waals surface area contributed by atoms with Gasteiger partial charge in [0.05, 0.1) is 6.61 Å². The molecule has 2 aromatic carbocycles. The standard InChI is InChI=1S/C19H20F3NO3/c20-19(21,22)26-16-9-5-4-6-14(16)12-18(24,15-7-2-1-3-8-15)17-13-23-10-11-25-17/h1-9,17,23-24H,10-13H2/t17-,18-/m1/s1. The second-order valence-corrected chi connectivity index (χ2v) is 6.19. The molecule has 140 valence electrons. The molecular weight excluding hydrogens is 347 g/mol. The number of halogens is 3. The van der Waals surface area contributed by atoms with Gasteiger partial charge < -0.3 is 19.9 Å². The van der Waals surface area contributed by atoms with Gasteiger partial charge in [-0.15, -0.1) is 13.2 Å². The maximum Gasteiger partial charge on any atom is 0.573 e. The summed E-state index contributed by atoms with van der Waals surface area (Å²) in [6, 6.07) is 14.7. The lowest BCUT2D eigenvalue weighted by molar-refractivity contribution is -0.275. The van der Waals surface area contributed by atoms with Crippen LogP contribution in [0.2, 0.25) is 0 Å². The molecule has 3 rings (SSSR count). The van der Waals surface area contributed by atoms with Crippen LogP contribution in [0.4, 0.5) is 13.2 Å². The molecule has 2 N–H and O–H groups in total. The van der Waals surface area contributed by atoms with E-state index in [-0.39, 0.29) is 17.7 Å². The van der Waals surface area contributed by atoms with Crippen molar-refractivity contribution in [1.29, 1.82) is 0 Å². The molecule has 1 heterocycles. The fourth-order valence-electron chi connectivity index (χ4n) is 3.17. The highest BCUT2D eigenvalue weighted by Gasteiger charge is 2.41. The molecule has 0 aromatic heterocycles. The van der Waals surface area contributed by atoms with E-state index in [9.17, 15) is 18.3 Å². The predicted octanol–water partition coefficient (Wildman–Crippen LogP) is 3.00. The number of aliphatic hydroxyl groups is 1. The third-order valence-electron chi connectivity index (χ3n) is 4.39. The van der Waals surface area contributed by atoms with Crippen LogP contribution in [0.3, 0.4) is 0 Å². The average molecular weight is 367 g/mol. The lowest BCUT2D eigenvalue weighted by Gasteiger charge is -2.39. The van der Waals surface area contributed by atoms with Crippen LogP contribution < -0.4 is 10.1 Å². The van der Waals surface area contributed by atoms with Gasteiger partial charge in [-0.05, 0) is 17.2 Å². The van der Waals surface area contributed by atoms with E-state index in [2.05, 4.69) is 10.1 Å². The van der Waals surface area contributed by atoms with E-state index in [4.69, 9.17) is 4.74 Å². The molecule has 26 heavy (non-hydrogen) atoms. The molecule has 0 radical (unpaired) electrons. The molecule has 0 spiro atoms. The number of hydrogen-bond donors (Lipinski definition) is 2. The minimum absolute atomic E-state index is 0.0738. The summed E-state index contributed by atoms with van der Waals surface area (Å²) in [6.07, 6.45) is -5.47. The van der Waals surface area contributed by atoms with Gasteiger partial charge in [-0.1, -0.05) is 48.5 Å². The fourth-order valence-corrected chi connectivity index (χ4v) is 3.17. The summed E-state index contributed by atoms with van der Waals surface area (Å²) in [7, 11) is 0. The first kappa shape index (κ1) is 18.7. The lowest BCUT2D eigenvalue weighted by atomic mass is 9.81. The van der Waals surface area contributed by atoms with Crippen molar-refractivity contribution in [2.75, 3.05) is 19.7 Å². The van der Waals surface area contributed by atoms with Crippen LogP contribution in [-0.4, -0.2) is 37.3 Å². The van der Waals surface area contributed by atoms with Crippen molar-refractivity contribution in [3.8, 4) is 5.75 Å². The molecule has 0 bridgehead atoms. The van der Waals surface area contributed by atoms with Crippen molar-refractivity contribution in [1.82, 2.24) is 5.32 Å². The number of benzene rings is 2. The zero-order chi connectivity index (χ0) is 18.6. The number of hydrogen-bond acceptors (Lipinski definition) is 4. The van der Waals surface area contributed by atoms with Gasteiger partial charge in [-0.3, -0.25) is 0 Å². The highest BCUT2D eigenvalue weighted by Crippen LogP contribution is 2.36. The molecule has 0 aliphatic carbocycles. The van der Waals surface area contributed by atoms with Gasteiger partial charge >= 0.3 is 6.36 Å². The molecule has 1 aliphatic rings. The van der Waals surface area contributed by atoms with Crippen molar-refractivity contribution < 1.29 is 27.8 Å². The molecule has 2 aromatic rings. The van der Waals surface area contributed by atoms with Crippen LogP contribution in [-0.2, 0) is 16.8 Å². The Balaban J connectivity index is 1.97. The van der Waals surface area contributed by atoms with Crippen LogP contribution in [0, 0.1) is 0 Å². The highest BCUT2D eigenvalue weighted by molar-refractivity contribution is 5.37. The van der Waals surface area contributed by atoms with Crippen LogP contribution in [0.1, 0.15) is 11.1 Å². The van der Waals surface area contributed by atoms with Gasteiger partial charge in [0.25, 0.3) is 0 Å². The SMILES string of the molecule is O[C@](Cc1ccccc1OC(F)(F)F)(c1ccccc1)[C@H]1CNCCO1. The number of rotatable bonds is 5. The molecular formula is C19H20F3NO3. The van der Waals surface area contributed by atoms with Crippen LogP contribution in [0.5, 0.6) is 5.75 Å². The Bertz CT molecular complexity index is 717. The molecule has 0 unspecified atom stereocenters. The van der Waals surface area contributed by atoms with Crippen LogP contribution in [0.25, 0.3) is 0 Å². The van der Waals surface area contributed by atoms with Gasteiger partial charge in [0, 0.05) is 19.5 Å². The Morgan fingerprint density at radius 2 is 1.77 bits per heavy atom. The molecule has 1 fully saturated rings. The zero-order valence-electron chi connectivity index (χ0n) is 14.0. The predicted molar refractivity (Wildman–Crippen MR) is 89.8 cm³/mol. The van der Waals surface area contributed by atoms with Gasteiger partial charge in [-0.2, -0.15) is 0 Å². The lowest BCUT2D eigenvalue weighted by Crippen LogP contribution is -2.52. The number of alkyl halides is 3. The summed E-state index contributed by atoms with van der Waals surface area (Å²) in [5, 5.41) is 14.6. The first-order valence-electron chi connectivity index (χ1n) is 8.32. The Labute approximate surface area is 149 Å². The minimum Gasteiger partial charge on any atom is -0.406 e. The second-order valence-electron chi connectivity index (χ2n) is 6.19. The molecule has 1 saturated heterocycles. The largest absolute Gasteiger partial charge is 0.573 e. The van der Waals surface area contributed by atoms with Crippen molar-refractivity contribution >= 4 is 0 Å². The summed E-state index contributed by atoms with van der Waals surface area (Å²) in [5.74, 6) is -0.321. The Hall–Kier alpha value is -2.09. The topological polar surface area (TPSA) is 50.7 Å². The quantitative estimate of drug-likeness (QED) is 0.853. The number of para-hydroxylation sites is 1. The summed E-state index contributed by atoms with van der Waals surface area (Å²) >= 11 is 0. The fraction of sp³-hybridized carbons (Fsp3) is 0.368. The normalized spacial score (nSPS) is 20.4. The van der Waals surface area contributed by atoms with E-state index in [1.54, 1.807) is 30.3 Å². The molecule has 0 saturated carbocycles. The summed E-state index contributed by atoms with van der Waals surface area (Å²) in [4.78, 5) is 0. The molecule has 2 atom stereocenters. The third-order valence-corrected chi connectivity index (χ3v) is 4.39. The summed E-state index contributed by atoms with van der Waals surface area (Å²) in [5.41, 5.74) is -0.666. The zero-order valence-corrected chi connectivity index (χ0v) is 14.0. The van der Waals surface area contributed by atoms with E-state index in [0.29, 0.717) is 25.3 Å². The van der Waals surface area contributed by atoms with E-state index >= 15 is 0 Å². The smallest absolute Gasteiger partial charge is 0.406 e. The Morgan fingerprint density at radius 3 is 2.42 bits per heavy atom. The van der Waals surface area contributed by atoms with E-state index in [1.807, 2.05) is 6.07 Å². The maximum absolute atomic E-state index is 12.7. The van der Waals surface area contributed by atoms with Gasteiger partial charge in [0.15, 0.2) is 0 Å². The van der Waals surface area contributed by atoms with Crippen molar-refractivity contribution in [2.45, 2.75) is 24.5 Å². The molecule has 4 nitrogen and oxygen atoms in total. The summed E-state index contributed by atoms with van der Waals surface area (Å²) in [6.45, 7) is 1.48. The first-order chi connectivity index (χ1) is 12.4. The van der Waals surface area contributed by atoms with Crippen LogP contribution >= 0.6 is 0 Å². The molecule has 7 heteroatoms. The molecule has 1 aliphatic heterocycles. The first-order valence-corrected chi connectivity index (χ1v) is 8.32. The summed E-state index contributed by atoms with van der Waals surface area (Å²) < 4.78 is 48.0. The second kappa shape index (κ2) is 7.65. The van der Waals surface area contributed by atoms with Gasteiger partial charge in [-0.25, -0.2) is 0 Å².